The van der Waals surface area contributed by atoms with Crippen LogP contribution >= 0.6 is 11.6 Å². The summed E-state index contributed by atoms with van der Waals surface area (Å²) in [6, 6.07) is 11.1. The summed E-state index contributed by atoms with van der Waals surface area (Å²) in [6.07, 6.45) is 3.14. The summed E-state index contributed by atoms with van der Waals surface area (Å²) in [5, 5.41) is 14.7. The van der Waals surface area contributed by atoms with Gasteiger partial charge in [-0.25, -0.2) is 19.3 Å². The number of hydrogen-bond donors (Lipinski definition) is 2. The van der Waals surface area contributed by atoms with Crippen LogP contribution in [0.15, 0.2) is 60.0 Å². The molecule has 38 heavy (non-hydrogen) atoms. The maximum atomic E-state index is 13.2. The summed E-state index contributed by atoms with van der Waals surface area (Å²) in [4.78, 5) is 31.5. The number of benzene rings is 1. The average molecular weight is 535 g/mol. The van der Waals surface area contributed by atoms with Gasteiger partial charge in [-0.2, -0.15) is 4.98 Å². The van der Waals surface area contributed by atoms with Crippen LogP contribution in [0.5, 0.6) is 0 Å². The highest BCUT2D eigenvalue weighted by atomic mass is 35.5. The highest BCUT2D eigenvalue weighted by molar-refractivity contribution is 6.33. The van der Waals surface area contributed by atoms with Crippen molar-refractivity contribution in [3.63, 3.8) is 0 Å². The van der Waals surface area contributed by atoms with Crippen LogP contribution in [0.4, 0.5) is 17.3 Å². The fraction of sp³-hybridized carbons (Fsp3) is 0.333. The summed E-state index contributed by atoms with van der Waals surface area (Å²) < 4.78 is 3.12. The molecule has 0 saturated carbocycles. The van der Waals surface area contributed by atoms with E-state index in [4.69, 9.17) is 11.6 Å². The van der Waals surface area contributed by atoms with Crippen LogP contribution in [0, 0.1) is 0 Å². The van der Waals surface area contributed by atoms with Crippen molar-refractivity contribution < 1.29 is 5.11 Å². The number of aromatic nitrogens is 5. The van der Waals surface area contributed by atoms with Crippen LogP contribution in [-0.4, -0.2) is 67.5 Å². The van der Waals surface area contributed by atoms with Gasteiger partial charge in [0.1, 0.15) is 11.0 Å². The Balaban J connectivity index is 1.52. The minimum Gasteiger partial charge on any atom is -0.384 e. The molecule has 11 heteroatoms. The zero-order valence-electron chi connectivity index (χ0n) is 21.7. The Hall–Kier alpha value is -3.73. The molecule has 5 rings (SSSR count). The average Bonchev–Trinajstić information content (AvgIpc) is 3.15. The van der Waals surface area contributed by atoms with E-state index >= 15 is 0 Å². The van der Waals surface area contributed by atoms with Gasteiger partial charge in [-0.1, -0.05) is 23.7 Å². The van der Waals surface area contributed by atoms with Gasteiger partial charge in [-0.05, 0) is 51.2 Å². The standard InChI is InChI=1S/C27H31ClN8O2/c1-5-11-35-25(37)19-17-29-26(32-24(19)36(35)23-8-6-7-22(31-23)27(2,3)38)30-18-9-10-21(20(28)16-18)34-14-12-33(4)13-15-34/h5-10,16-17,38H,1,11-15H2,2-4H3,(H,29,30,32). The molecule has 198 valence electrons. The van der Waals surface area contributed by atoms with Gasteiger partial charge in [0.15, 0.2) is 11.5 Å². The lowest BCUT2D eigenvalue weighted by molar-refractivity contribution is 0.0738. The van der Waals surface area contributed by atoms with Crippen molar-refractivity contribution in [1.82, 2.24) is 29.2 Å². The monoisotopic (exact) mass is 534 g/mol. The third-order valence-electron chi connectivity index (χ3n) is 6.60. The van der Waals surface area contributed by atoms with Crippen molar-refractivity contribution in [2.24, 2.45) is 0 Å². The Morgan fingerprint density at radius 2 is 1.92 bits per heavy atom. The molecular formula is C27H31ClN8O2. The van der Waals surface area contributed by atoms with E-state index < -0.39 is 5.60 Å². The molecule has 1 fully saturated rings. The molecule has 3 aromatic heterocycles. The SMILES string of the molecule is C=CCn1c(=O)c2cnc(Nc3ccc(N4CCN(C)CC4)c(Cl)c3)nc2n1-c1cccc(C(C)(C)O)n1. The molecule has 1 aromatic carbocycles. The van der Waals surface area contributed by atoms with E-state index in [1.54, 1.807) is 42.8 Å². The number of hydrogen-bond acceptors (Lipinski definition) is 8. The predicted molar refractivity (Wildman–Crippen MR) is 151 cm³/mol. The largest absolute Gasteiger partial charge is 0.384 e. The van der Waals surface area contributed by atoms with Gasteiger partial charge >= 0.3 is 0 Å². The first-order valence-electron chi connectivity index (χ1n) is 12.5. The molecule has 0 spiro atoms. The van der Waals surface area contributed by atoms with Crippen LogP contribution in [-0.2, 0) is 12.1 Å². The van der Waals surface area contributed by atoms with Crippen LogP contribution in [0.3, 0.4) is 0 Å². The van der Waals surface area contributed by atoms with E-state index in [1.807, 2.05) is 18.2 Å². The van der Waals surface area contributed by atoms with Crippen molar-refractivity contribution in [2.45, 2.75) is 26.0 Å². The summed E-state index contributed by atoms with van der Waals surface area (Å²) in [5.41, 5.74) is 1.16. The van der Waals surface area contributed by atoms with Crippen LogP contribution in [0.25, 0.3) is 16.9 Å². The van der Waals surface area contributed by atoms with Gasteiger partial charge < -0.3 is 20.2 Å². The quantitative estimate of drug-likeness (QED) is 0.347. The number of fused-ring (bicyclic) bond motifs is 1. The third-order valence-corrected chi connectivity index (χ3v) is 6.91. The van der Waals surface area contributed by atoms with Crippen molar-refractivity contribution >= 4 is 40.0 Å². The molecule has 0 unspecified atom stereocenters. The van der Waals surface area contributed by atoms with E-state index in [0.29, 0.717) is 33.5 Å². The number of likely N-dealkylation sites (N-methyl/N-ethyl adjacent to an activating group) is 1. The number of nitrogens with zero attached hydrogens (tertiary/aromatic N) is 7. The zero-order valence-corrected chi connectivity index (χ0v) is 22.5. The summed E-state index contributed by atoms with van der Waals surface area (Å²) in [7, 11) is 2.12. The van der Waals surface area contributed by atoms with Crippen LogP contribution < -0.4 is 15.8 Å². The van der Waals surface area contributed by atoms with E-state index in [0.717, 1.165) is 37.6 Å². The molecule has 1 aliphatic heterocycles. The first-order chi connectivity index (χ1) is 18.2. The number of rotatable bonds is 7. The molecule has 1 saturated heterocycles. The number of halogens is 1. The lowest BCUT2D eigenvalue weighted by atomic mass is 10.1. The van der Waals surface area contributed by atoms with E-state index in [-0.39, 0.29) is 12.1 Å². The minimum atomic E-state index is -1.15. The molecule has 4 heterocycles. The topological polar surface area (TPSA) is 104 Å². The maximum Gasteiger partial charge on any atom is 0.278 e. The van der Waals surface area contributed by atoms with Crippen molar-refractivity contribution in [1.29, 1.82) is 0 Å². The molecule has 0 radical (unpaired) electrons. The van der Waals surface area contributed by atoms with E-state index in [2.05, 4.69) is 43.7 Å². The Morgan fingerprint density at radius 1 is 1.16 bits per heavy atom. The minimum absolute atomic E-state index is 0.246. The number of pyridine rings is 1. The maximum absolute atomic E-state index is 13.2. The Bertz CT molecular complexity index is 1550. The van der Waals surface area contributed by atoms with Crippen LogP contribution in [0.1, 0.15) is 19.5 Å². The molecule has 4 aromatic rings. The fourth-order valence-corrected chi connectivity index (χ4v) is 4.81. The lowest BCUT2D eigenvalue weighted by Crippen LogP contribution is -2.44. The second-order valence-corrected chi connectivity index (χ2v) is 10.3. The highest BCUT2D eigenvalue weighted by Crippen LogP contribution is 2.30. The molecular weight excluding hydrogens is 504 g/mol. The first kappa shape index (κ1) is 25.9. The zero-order chi connectivity index (χ0) is 27.0. The van der Waals surface area contributed by atoms with Crippen molar-refractivity contribution in [2.75, 3.05) is 43.4 Å². The number of anilines is 3. The van der Waals surface area contributed by atoms with Gasteiger partial charge in [0.25, 0.3) is 5.56 Å². The normalized spacial score (nSPS) is 14.7. The second-order valence-electron chi connectivity index (χ2n) is 9.94. The third kappa shape index (κ3) is 5.02. The smallest absolute Gasteiger partial charge is 0.278 e. The molecule has 0 amide bonds. The molecule has 0 aliphatic carbocycles. The second kappa shape index (κ2) is 10.2. The molecule has 1 aliphatic rings. The summed E-state index contributed by atoms with van der Waals surface area (Å²) >= 11 is 6.65. The van der Waals surface area contributed by atoms with Gasteiger partial charge in [-0.15, -0.1) is 6.58 Å². The van der Waals surface area contributed by atoms with Gasteiger partial charge in [0.2, 0.25) is 5.95 Å². The first-order valence-corrected chi connectivity index (χ1v) is 12.8. The number of allylic oxidation sites excluding steroid dienone is 1. The van der Waals surface area contributed by atoms with Gasteiger partial charge in [0.05, 0.1) is 22.9 Å². The fourth-order valence-electron chi connectivity index (χ4n) is 4.51. The van der Waals surface area contributed by atoms with Crippen molar-refractivity contribution in [3.05, 3.63) is 76.3 Å². The highest BCUT2D eigenvalue weighted by Gasteiger charge is 2.22. The molecule has 0 bridgehead atoms. The lowest BCUT2D eigenvalue weighted by Gasteiger charge is -2.34. The number of nitrogens with one attached hydrogen (secondary N) is 1. The molecule has 0 atom stereocenters. The van der Waals surface area contributed by atoms with E-state index in [1.165, 1.54) is 10.9 Å². The molecule has 10 nitrogen and oxygen atoms in total. The Morgan fingerprint density at radius 3 is 2.61 bits per heavy atom. The number of piperazine rings is 1. The predicted octanol–water partition coefficient (Wildman–Crippen LogP) is 3.54. The van der Waals surface area contributed by atoms with Gasteiger partial charge in [-0.3, -0.25) is 4.79 Å². The van der Waals surface area contributed by atoms with Crippen molar-refractivity contribution in [3.8, 4) is 5.82 Å². The summed E-state index contributed by atoms with van der Waals surface area (Å²) in [6.45, 7) is 11.2. The Labute approximate surface area is 225 Å². The Kier molecular flexibility index (Phi) is 6.95. The van der Waals surface area contributed by atoms with Crippen LogP contribution in [0.2, 0.25) is 5.02 Å². The summed E-state index contributed by atoms with van der Waals surface area (Å²) in [5.74, 6) is 0.756. The molecule has 2 N–H and O–H groups in total. The van der Waals surface area contributed by atoms with Gasteiger partial charge in [0, 0.05) is 38.1 Å². The number of aliphatic hydroxyl groups is 1. The van der Waals surface area contributed by atoms with E-state index in [9.17, 15) is 9.90 Å².